The molecule has 44 heavy (non-hydrogen) atoms. The van der Waals surface area contributed by atoms with Gasteiger partial charge in [-0.3, -0.25) is 14.4 Å². The van der Waals surface area contributed by atoms with E-state index in [4.69, 9.17) is 4.74 Å². The number of para-hydroxylation sites is 1. The largest absolute Gasteiger partial charge is 0.508 e. The predicted octanol–water partition coefficient (Wildman–Crippen LogP) is 4.41. The fraction of sp³-hybridized carbons (Fsp3) is 0.147. The Balaban J connectivity index is 1.38. The molecule has 0 bridgehead atoms. The number of hydrogen-bond donors (Lipinski definition) is 6. The van der Waals surface area contributed by atoms with Crippen LogP contribution in [0.2, 0.25) is 0 Å². The fourth-order valence-corrected chi connectivity index (χ4v) is 6.17. The lowest BCUT2D eigenvalue weighted by molar-refractivity contribution is -0.144. The number of ketones is 1. The second kappa shape index (κ2) is 8.87. The molecule has 0 radical (unpaired) electrons. The zero-order valence-corrected chi connectivity index (χ0v) is 24.0. The number of carbonyl (C=O) groups excluding carboxylic acids is 3. The second-order valence-corrected chi connectivity index (χ2v) is 11.8. The topological polar surface area (TPSA) is 161 Å². The lowest BCUT2D eigenvalue weighted by Gasteiger charge is -2.41. The van der Waals surface area contributed by atoms with Crippen LogP contribution in [-0.2, 0) is 15.0 Å². The molecule has 1 saturated heterocycles. The highest BCUT2D eigenvalue weighted by molar-refractivity contribution is 6.23. The molecule has 2 amide bonds. The van der Waals surface area contributed by atoms with Gasteiger partial charge in [0.25, 0.3) is 17.5 Å². The van der Waals surface area contributed by atoms with Crippen LogP contribution >= 0.6 is 0 Å². The normalized spacial score (nSPS) is 19.7. The quantitative estimate of drug-likeness (QED) is 0.134. The van der Waals surface area contributed by atoms with E-state index in [9.17, 15) is 29.7 Å². The summed E-state index contributed by atoms with van der Waals surface area (Å²) in [5.41, 5.74) is 0.431. The highest BCUT2D eigenvalue weighted by Gasteiger charge is 2.51. The molecule has 3 aromatic carbocycles. The van der Waals surface area contributed by atoms with Gasteiger partial charge in [0, 0.05) is 44.8 Å². The lowest BCUT2D eigenvalue weighted by atomic mass is 9.76. The third kappa shape index (κ3) is 3.63. The Morgan fingerprint density at radius 2 is 1.70 bits per heavy atom. The maximum absolute atomic E-state index is 13.9. The number of piperazine rings is 1. The van der Waals surface area contributed by atoms with Gasteiger partial charge in [0.05, 0.1) is 11.1 Å². The van der Waals surface area contributed by atoms with E-state index < -0.39 is 34.5 Å². The van der Waals surface area contributed by atoms with Crippen molar-refractivity contribution in [2.45, 2.75) is 31.9 Å². The van der Waals surface area contributed by atoms with E-state index in [0.717, 1.165) is 22.7 Å². The van der Waals surface area contributed by atoms with Crippen LogP contribution < -0.4 is 15.4 Å². The molecule has 1 fully saturated rings. The van der Waals surface area contributed by atoms with Crippen LogP contribution in [0.3, 0.4) is 0 Å². The van der Waals surface area contributed by atoms with E-state index >= 15 is 0 Å². The molecule has 1 unspecified atom stereocenters. The number of rotatable bonds is 3. The number of aryl methyl sites for hydroxylation is 1. The number of phenols is 3. The summed E-state index contributed by atoms with van der Waals surface area (Å²) in [7, 11) is 0. The molecule has 10 heteroatoms. The Morgan fingerprint density at radius 3 is 2.45 bits per heavy atom. The van der Waals surface area contributed by atoms with Crippen LogP contribution in [0.1, 0.15) is 57.7 Å². The summed E-state index contributed by atoms with van der Waals surface area (Å²) >= 11 is 0. The summed E-state index contributed by atoms with van der Waals surface area (Å²) < 4.78 is 6.19. The number of nitrogens with one attached hydrogen (secondary N) is 3. The summed E-state index contributed by atoms with van der Waals surface area (Å²) in [6.07, 6.45) is 4.73. The van der Waals surface area contributed by atoms with Crippen molar-refractivity contribution in [1.29, 1.82) is 0 Å². The Labute approximate surface area is 251 Å². The van der Waals surface area contributed by atoms with Gasteiger partial charge < -0.3 is 35.7 Å². The first-order chi connectivity index (χ1) is 20.8. The first-order valence-corrected chi connectivity index (χ1v) is 13.9. The van der Waals surface area contributed by atoms with E-state index in [1.165, 1.54) is 18.2 Å². The van der Waals surface area contributed by atoms with Gasteiger partial charge in [0.15, 0.2) is 0 Å². The Kier molecular flexibility index (Phi) is 5.46. The molecule has 2 aliphatic heterocycles. The van der Waals surface area contributed by atoms with E-state index in [0.29, 0.717) is 11.1 Å². The van der Waals surface area contributed by atoms with Crippen molar-refractivity contribution >= 4 is 40.1 Å². The lowest BCUT2D eigenvalue weighted by Crippen LogP contribution is -2.67. The standard InChI is InChI=1S/C34H27N3O7/c1-5-33(3,4)30-19(17-8-6-7-9-21(17)35-30)13-22-31(42)37-34(32(43)36-22)14-20-18-11-16(38)12-24(40)25(18)28(41)27-23(39)10-15(2)29(44-34)26(20)27/h5-14,35,38-40H,1H2,2-4H3,(H,36,43)(H,37,42). The Bertz CT molecular complexity index is 2100. The number of hydrogen-bond acceptors (Lipinski definition) is 7. The molecule has 1 atom stereocenters. The van der Waals surface area contributed by atoms with Crippen LogP contribution in [0.4, 0.5) is 0 Å². The summed E-state index contributed by atoms with van der Waals surface area (Å²) in [5, 5.41) is 37.9. The third-order valence-corrected chi connectivity index (χ3v) is 8.49. The Morgan fingerprint density at radius 1 is 0.977 bits per heavy atom. The van der Waals surface area contributed by atoms with Gasteiger partial charge in [0.1, 0.15) is 28.7 Å². The molecule has 4 aromatic rings. The predicted molar refractivity (Wildman–Crippen MR) is 162 cm³/mol. The SMILES string of the molecule is C=CC(C)(C)c1[nH]c2ccccc2c1C=C1NC(=O)C2(C=C3c4cc(O)cc(O)c4C(=O)c4c(O)cc(C)c(c43)O2)NC1=O. The zero-order chi connectivity index (χ0) is 31.3. The van der Waals surface area contributed by atoms with Gasteiger partial charge in [0.2, 0.25) is 5.78 Å². The van der Waals surface area contributed by atoms with Gasteiger partial charge in [-0.2, -0.15) is 0 Å². The van der Waals surface area contributed by atoms with E-state index in [2.05, 4.69) is 22.2 Å². The smallest absolute Gasteiger partial charge is 0.294 e. The number of aromatic amines is 1. The number of amides is 2. The number of benzene rings is 3. The average molecular weight is 590 g/mol. The molecule has 10 nitrogen and oxygen atoms in total. The third-order valence-electron chi connectivity index (χ3n) is 8.49. The summed E-state index contributed by atoms with van der Waals surface area (Å²) in [5.74, 6) is -3.11. The maximum Gasteiger partial charge on any atom is 0.294 e. The first kappa shape index (κ1) is 27.1. The maximum atomic E-state index is 13.9. The molecular formula is C34H27N3O7. The number of aromatic hydroxyl groups is 3. The van der Waals surface area contributed by atoms with Crippen molar-refractivity contribution in [3.63, 3.8) is 0 Å². The number of phenolic OH excluding ortho intramolecular Hbond substituents is 3. The molecule has 1 spiro atoms. The van der Waals surface area contributed by atoms with E-state index in [1.54, 1.807) is 19.1 Å². The van der Waals surface area contributed by atoms with Crippen molar-refractivity contribution in [1.82, 2.24) is 15.6 Å². The monoisotopic (exact) mass is 589 g/mol. The van der Waals surface area contributed by atoms with Gasteiger partial charge in [-0.1, -0.05) is 38.1 Å². The van der Waals surface area contributed by atoms with Crippen molar-refractivity contribution in [3.8, 4) is 23.0 Å². The number of aromatic nitrogens is 1. The number of ether oxygens (including phenoxy) is 1. The van der Waals surface area contributed by atoms with Gasteiger partial charge in [-0.25, -0.2) is 0 Å². The molecule has 7 rings (SSSR count). The first-order valence-electron chi connectivity index (χ1n) is 13.9. The van der Waals surface area contributed by atoms with Crippen LogP contribution in [0.15, 0.2) is 66.9 Å². The average Bonchev–Trinajstić information content (AvgIpc) is 3.34. The van der Waals surface area contributed by atoms with Crippen LogP contribution in [-0.4, -0.2) is 43.6 Å². The van der Waals surface area contributed by atoms with Crippen molar-refractivity contribution in [2.24, 2.45) is 0 Å². The minimum Gasteiger partial charge on any atom is -0.508 e. The molecule has 6 N–H and O–H groups in total. The van der Waals surface area contributed by atoms with Crippen LogP contribution in [0, 0.1) is 6.92 Å². The molecule has 3 aliphatic rings. The number of allylic oxidation sites excluding steroid dienone is 1. The molecule has 220 valence electrons. The minimum absolute atomic E-state index is 0.0167. The highest BCUT2D eigenvalue weighted by atomic mass is 16.5. The molecule has 3 heterocycles. The Hall–Kier alpha value is -5.77. The molecule has 1 aliphatic carbocycles. The van der Waals surface area contributed by atoms with Gasteiger partial charge in [-0.05, 0) is 48.4 Å². The van der Waals surface area contributed by atoms with Crippen molar-refractivity contribution < 1.29 is 34.4 Å². The minimum atomic E-state index is -2.06. The van der Waals surface area contributed by atoms with Gasteiger partial charge in [-0.15, -0.1) is 6.58 Å². The van der Waals surface area contributed by atoms with Crippen molar-refractivity contribution in [2.75, 3.05) is 0 Å². The van der Waals surface area contributed by atoms with E-state index in [1.807, 2.05) is 38.1 Å². The van der Waals surface area contributed by atoms with Crippen LogP contribution in [0.5, 0.6) is 23.0 Å². The molecule has 0 saturated carbocycles. The van der Waals surface area contributed by atoms with E-state index in [-0.39, 0.29) is 50.8 Å². The number of carbonyl (C=O) groups is 3. The number of fused-ring (bicyclic) bond motifs is 3. The highest BCUT2D eigenvalue weighted by Crippen LogP contribution is 2.52. The van der Waals surface area contributed by atoms with Gasteiger partial charge >= 0.3 is 0 Å². The zero-order valence-electron chi connectivity index (χ0n) is 24.0. The summed E-state index contributed by atoms with van der Waals surface area (Å²) in [6, 6.07) is 11.2. The molecule has 1 aromatic heterocycles. The number of H-pyrrole nitrogens is 1. The fourth-order valence-electron chi connectivity index (χ4n) is 6.17. The molecular weight excluding hydrogens is 562 g/mol. The summed E-state index contributed by atoms with van der Waals surface area (Å²) in [4.78, 5) is 44.5. The summed E-state index contributed by atoms with van der Waals surface area (Å²) in [6.45, 7) is 9.55. The second-order valence-electron chi connectivity index (χ2n) is 11.8. The van der Waals surface area contributed by atoms with Crippen molar-refractivity contribution in [3.05, 3.63) is 106 Å². The van der Waals surface area contributed by atoms with Crippen LogP contribution in [0.25, 0.3) is 22.6 Å².